The van der Waals surface area contributed by atoms with Crippen molar-refractivity contribution in [3.63, 3.8) is 0 Å². The second-order valence-corrected chi connectivity index (χ2v) is 17.0. The molecule has 2 N–H and O–H groups in total. The fourth-order valence-electron chi connectivity index (χ4n) is 11.0. The fraction of sp³-hybridized carbons (Fsp3) is 0.682. The van der Waals surface area contributed by atoms with E-state index in [9.17, 15) is 46.1 Å². The topological polar surface area (TPSA) is 93.1 Å². The van der Waals surface area contributed by atoms with Gasteiger partial charge in [0.25, 0.3) is 0 Å². The number of carbonyl (C=O) groups excluding carboxylic acids is 2. The van der Waals surface area contributed by atoms with Crippen LogP contribution in [0.15, 0.2) is 36.4 Å². The number of rotatable bonds is 8. The highest BCUT2D eigenvalue weighted by atomic mass is 19.4. The maximum Gasteiger partial charge on any atom is 0.389 e. The number of ether oxygens (including phenoxy) is 2. The first-order valence-corrected chi connectivity index (χ1v) is 20.3. The van der Waals surface area contributed by atoms with Crippen molar-refractivity contribution in [3.8, 4) is 0 Å². The summed E-state index contributed by atoms with van der Waals surface area (Å²) in [4.78, 5) is 23.8. The lowest BCUT2D eigenvalue weighted by Gasteiger charge is -2.50. The first-order valence-electron chi connectivity index (χ1n) is 20.3. The van der Waals surface area contributed by atoms with Gasteiger partial charge in [-0.25, -0.2) is 9.59 Å². The Morgan fingerprint density at radius 1 is 0.661 bits per heavy atom. The molecule has 0 aromatic heterocycles. The SMILES string of the molecule is CC[C@@]12CC[C@](O)(CCC(F)(F)F)C[C@@H]1CCCc1cc(C(=O)OC)ccc12.CC[C@]12CC[C@@](O)(CCC(F)(F)F)C[C@H]1CCCc1cc(C(=O)OC)ccc12. The average Bonchev–Trinajstić information content (AvgIpc) is 3.42. The normalized spacial score (nSPS) is 30.1. The number of esters is 2. The van der Waals surface area contributed by atoms with E-state index in [2.05, 4.69) is 13.8 Å². The number of methoxy groups -OCH3 is 2. The number of halogens is 6. The zero-order valence-electron chi connectivity index (χ0n) is 33.1. The third kappa shape index (κ3) is 9.59. The maximum absolute atomic E-state index is 12.7. The Balaban J connectivity index is 0.000000214. The van der Waals surface area contributed by atoms with Crippen LogP contribution in [-0.4, -0.2) is 59.9 Å². The minimum absolute atomic E-state index is 0.148. The molecule has 6 rings (SSSR count). The fourth-order valence-corrected chi connectivity index (χ4v) is 11.0. The van der Waals surface area contributed by atoms with Gasteiger partial charge in [0.05, 0.1) is 36.5 Å². The zero-order valence-corrected chi connectivity index (χ0v) is 33.1. The Morgan fingerprint density at radius 3 is 1.36 bits per heavy atom. The summed E-state index contributed by atoms with van der Waals surface area (Å²) >= 11 is 0. The van der Waals surface area contributed by atoms with Crippen LogP contribution in [0, 0.1) is 11.8 Å². The second kappa shape index (κ2) is 17.0. The van der Waals surface area contributed by atoms with Crippen molar-refractivity contribution in [2.75, 3.05) is 14.2 Å². The van der Waals surface area contributed by atoms with Gasteiger partial charge in [-0.2, -0.15) is 26.3 Å². The van der Waals surface area contributed by atoms with Crippen LogP contribution in [0.4, 0.5) is 26.3 Å². The van der Waals surface area contributed by atoms with Crippen molar-refractivity contribution in [2.24, 2.45) is 11.8 Å². The minimum Gasteiger partial charge on any atom is -0.465 e. The highest BCUT2D eigenvalue weighted by molar-refractivity contribution is 5.90. The summed E-state index contributed by atoms with van der Waals surface area (Å²) in [5, 5.41) is 21.8. The van der Waals surface area contributed by atoms with Crippen molar-refractivity contribution >= 4 is 11.9 Å². The lowest BCUT2D eigenvalue weighted by atomic mass is 9.56. The number of aryl methyl sites for hydroxylation is 2. The summed E-state index contributed by atoms with van der Waals surface area (Å²) in [5.41, 5.74) is 2.94. The summed E-state index contributed by atoms with van der Waals surface area (Å²) in [6.07, 6.45) is -0.890. The summed E-state index contributed by atoms with van der Waals surface area (Å²) in [5.74, 6) is -0.428. The standard InChI is InChI=1S/2C22H29F3O3/c2*1-3-21-11-9-20(27,10-12-22(23,24)25)14-17(21)6-4-5-15-13-16(19(26)28-2)7-8-18(15)21/h2*7-8,13,17,27H,3-6,9-12,14H2,1-2H3/t2*17-,20-,21+/m10/s1. The molecule has 0 aliphatic heterocycles. The van der Waals surface area contributed by atoms with Crippen LogP contribution in [0.25, 0.3) is 0 Å². The van der Waals surface area contributed by atoms with Crippen LogP contribution < -0.4 is 0 Å². The van der Waals surface area contributed by atoms with Gasteiger partial charge < -0.3 is 19.7 Å². The van der Waals surface area contributed by atoms with Gasteiger partial charge in [-0.1, -0.05) is 26.0 Å². The van der Waals surface area contributed by atoms with Crippen molar-refractivity contribution in [1.29, 1.82) is 0 Å². The molecule has 2 fully saturated rings. The van der Waals surface area contributed by atoms with Gasteiger partial charge in [-0.05, 0) is 172 Å². The molecule has 0 heterocycles. The van der Waals surface area contributed by atoms with E-state index in [-0.39, 0.29) is 47.4 Å². The Labute approximate surface area is 326 Å². The third-order valence-electron chi connectivity index (χ3n) is 14.0. The molecule has 6 nitrogen and oxygen atoms in total. The number of hydrogen-bond donors (Lipinski definition) is 2. The Hall–Kier alpha value is -3.12. The quantitative estimate of drug-likeness (QED) is 0.204. The highest BCUT2D eigenvalue weighted by Gasteiger charge is 2.52. The van der Waals surface area contributed by atoms with E-state index in [0.29, 0.717) is 49.7 Å². The molecule has 0 saturated heterocycles. The summed E-state index contributed by atoms with van der Waals surface area (Å²) in [6, 6.07) is 11.4. The first kappa shape index (κ1) is 44.0. The van der Waals surface area contributed by atoms with Crippen molar-refractivity contribution < 1.29 is 55.6 Å². The average molecular weight is 797 g/mol. The molecule has 4 aliphatic carbocycles. The number of benzene rings is 2. The van der Waals surface area contributed by atoms with Gasteiger partial charge in [0.1, 0.15) is 0 Å². The van der Waals surface area contributed by atoms with Crippen LogP contribution in [0.2, 0.25) is 0 Å². The molecule has 2 aromatic rings. The predicted octanol–water partition coefficient (Wildman–Crippen LogP) is 10.7. The molecule has 0 bridgehead atoms. The summed E-state index contributed by atoms with van der Waals surface area (Å²) in [7, 11) is 2.72. The molecule has 0 amide bonds. The Bertz CT molecular complexity index is 1580. The molecule has 4 aliphatic rings. The molecule has 6 atom stereocenters. The molecule has 2 saturated carbocycles. The highest BCUT2D eigenvalue weighted by Crippen LogP contribution is 2.56. The number of hydrogen-bond acceptors (Lipinski definition) is 6. The van der Waals surface area contributed by atoms with E-state index < -0.39 is 36.4 Å². The molecule has 0 radical (unpaired) electrons. The van der Waals surface area contributed by atoms with Crippen molar-refractivity contribution in [3.05, 3.63) is 69.8 Å². The molecular formula is C44H58F6O6. The molecule has 312 valence electrons. The van der Waals surface area contributed by atoms with E-state index >= 15 is 0 Å². The van der Waals surface area contributed by atoms with Crippen molar-refractivity contribution in [1.82, 2.24) is 0 Å². The molecule has 56 heavy (non-hydrogen) atoms. The number of aliphatic hydroxyl groups is 2. The largest absolute Gasteiger partial charge is 0.465 e. The smallest absolute Gasteiger partial charge is 0.389 e. The lowest BCUT2D eigenvalue weighted by Crippen LogP contribution is -2.48. The van der Waals surface area contributed by atoms with E-state index in [4.69, 9.17) is 9.47 Å². The first-order chi connectivity index (χ1) is 26.2. The van der Waals surface area contributed by atoms with E-state index in [1.807, 2.05) is 24.3 Å². The van der Waals surface area contributed by atoms with Gasteiger partial charge >= 0.3 is 24.3 Å². The zero-order chi connectivity index (χ0) is 41.2. The molecule has 12 heteroatoms. The van der Waals surface area contributed by atoms with E-state index in [0.717, 1.165) is 62.5 Å². The van der Waals surface area contributed by atoms with Crippen molar-refractivity contribution in [2.45, 2.75) is 164 Å². The maximum atomic E-state index is 12.7. The monoisotopic (exact) mass is 796 g/mol. The second-order valence-electron chi connectivity index (χ2n) is 17.0. The van der Waals surface area contributed by atoms with Gasteiger partial charge in [-0.3, -0.25) is 0 Å². The number of carbonyl (C=O) groups is 2. The minimum atomic E-state index is -4.24. The van der Waals surface area contributed by atoms with Crippen LogP contribution in [0.3, 0.4) is 0 Å². The molecule has 0 unspecified atom stereocenters. The third-order valence-corrected chi connectivity index (χ3v) is 14.0. The van der Waals surface area contributed by atoms with Gasteiger partial charge in [0.2, 0.25) is 0 Å². The van der Waals surface area contributed by atoms with Crippen LogP contribution >= 0.6 is 0 Å². The van der Waals surface area contributed by atoms with Gasteiger partial charge in [-0.15, -0.1) is 0 Å². The van der Waals surface area contributed by atoms with Crippen LogP contribution in [-0.2, 0) is 33.1 Å². The summed E-state index contributed by atoms with van der Waals surface area (Å²) < 4.78 is 85.9. The number of fused-ring (bicyclic) bond motifs is 6. The molecule has 0 spiro atoms. The predicted molar refractivity (Wildman–Crippen MR) is 201 cm³/mol. The van der Waals surface area contributed by atoms with E-state index in [1.165, 1.54) is 25.3 Å². The van der Waals surface area contributed by atoms with Gasteiger partial charge in [0.15, 0.2) is 0 Å². The molecule has 2 aromatic carbocycles. The molecular weight excluding hydrogens is 738 g/mol. The Kier molecular flexibility index (Phi) is 13.4. The Morgan fingerprint density at radius 2 is 1.04 bits per heavy atom. The summed E-state index contributed by atoms with van der Waals surface area (Å²) in [6.45, 7) is 4.24. The van der Waals surface area contributed by atoms with Crippen LogP contribution in [0.1, 0.15) is 160 Å². The van der Waals surface area contributed by atoms with Crippen LogP contribution in [0.5, 0.6) is 0 Å². The van der Waals surface area contributed by atoms with E-state index in [1.54, 1.807) is 12.1 Å². The lowest BCUT2D eigenvalue weighted by molar-refractivity contribution is -0.153. The number of alkyl halides is 6. The van der Waals surface area contributed by atoms with Gasteiger partial charge in [0, 0.05) is 12.8 Å².